The number of nitrogens with one attached hydrogen (secondary N) is 2. The number of anilines is 1. The monoisotopic (exact) mass is 706 g/mol. The molecule has 52 heavy (non-hydrogen) atoms. The lowest BCUT2D eigenvalue weighted by Crippen LogP contribution is -2.35. The number of ketones is 1. The van der Waals surface area contributed by atoms with E-state index in [1.807, 2.05) is 50.2 Å². The smallest absolute Gasteiger partial charge is 0.274 e. The van der Waals surface area contributed by atoms with Crippen molar-refractivity contribution < 1.29 is 29.3 Å². The SMILES string of the molecule is COc1cc(C(=O)Nc2cccc(-c3cccc(CC(=O)c4cc(OC)c(CN[C@H]5CCC[C@@H]5O)cn4)c3C)c2C)ncc1CC[C@H]1CCC[C@@H]1O. The van der Waals surface area contributed by atoms with Crippen LogP contribution in [-0.4, -0.2) is 64.3 Å². The molecule has 0 unspecified atom stereocenters. The molecule has 0 aliphatic heterocycles. The Morgan fingerprint density at radius 3 is 2.15 bits per heavy atom. The second-order valence-corrected chi connectivity index (χ2v) is 14.2. The molecule has 2 aromatic heterocycles. The number of aryl methyl sites for hydroxylation is 1. The number of amides is 1. The summed E-state index contributed by atoms with van der Waals surface area (Å²) in [7, 11) is 3.17. The molecule has 2 aromatic carbocycles. The molecule has 2 fully saturated rings. The zero-order valence-electron chi connectivity index (χ0n) is 30.6. The van der Waals surface area contributed by atoms with Crippen LogP contribution >= 0.6 is 0 Å². The summed E-state index contributed by atoms with van der Waals surface area (Å²) in [4.78, 5) is 35.9. The Bertz CT molecular complexity index is 1770. The lowest BCUT2D eigenvalue weighted by atomic mass is 9.91. The van der Waals surface area contributed by atoms with E-state index in [0.717, 1.165) is 90.3 Å². The Balaban J connectivity index is 1.14. The van der Waals surface area contributed by atoms with Crippen molar-refractivity contribution in [2.45, 2.75) is 96.4 Å². The summed E-state index contributed by atoms with van der Waals surface area (Å²) < 4.78 is 11.2. The number of pyridine rings is 2. The van der Waals surface area contributed by atoms with Gasteiger partial charge in [0.05, 0.1) is 26.4 Å². The van der Waals surface area contributed by atoms with Gasteiger partial charge in [0.15, 0.2) is 5.78 Å². The number of nitrogens with zero attached hydrogens (tertiary/aromatic N) is 2. The lowest BCUT2D eigenvalue weighted by molar-refractivity contribution is 0.0985. The third-order valence-corrected chi connectivity index (χ3v) is 11.0. The summed E-state index contributed by atoms with van der Waals surface area (Å²) in [6.45, 7) is 4.47. The number of aliphatic hydroxyl groups excluding tert-OH is 2. The maximum Gasteiger partial charge on any atom is 0.274 e. The van der Waals surface area contributed by atoms with Crippen LogP contribution in [0.3, 0.4) is 0 Å². The summed E-state index contributed by atoms with van der Waals surface area (Å²) in [6.07, 6.45) is 10.2. The number of aromatic nitrogens is 2. The van der Waals surface area contributed by atoms with Gasteiger partial charge in [0.2, 0.25) is 0 Å². The molecule has 0 spiro atoms. The summed E-state index contributed by atoms with van der Waals surface area (Å²) in [5.74, 6) is 1.03. The fourth-order valence-electron chi connectivity index (χ4n) is 7.70. The van der Waals surface area contributed by atoms with Gasteiger partial charge in [-0.2, -0.15) is 0 Å². The molecule has 4 N–H and O–H groups in total. The van der Waals surface area contributed by atoms with Crippen LogP contribution in [0.5, 0.6) is 11.5 Å². The van der Waals surface area contributed by atoms with Gasteiger partial charge in [0.25, 0.3) is 5.91 Å². The van der Waals surface area contributed by atoms with Gasteiger partial charge in [-0.1, -0.05) is 36.8 Å². The molecule has 2 aliphatic carbocycles. The van der Waals surface area contributed by atoms with E-state index < -0.39 is 0 Å². The molecule has 2 saturated carbocycles. The first-order valence-electron chi connectivity index (χ1n) is 18.3. The van der Waals surface area contributed by atoms with Crippen molar-refractivity contribution in [3.8, 4) is 22.6 Å². The maximum absolute atomic E-state index is 13.5. The van der Waals surface area contributed by atoms with Gasteiger partial charge in [-0.05, 0) is 98.6 Å². The third-order valence-electron chi connectivity index (χ3n) is 11.0. The highest BCUT2D eigenvalue weighted by atomic mass is 16.5. The number of hydrogen-bond donors (Lipinski definition) is 4. The van der Waals surface area contributed by atoms with Crippen molar-refractivity contribution in [3.63, 3.8) is 0 Å². The maximum atomic E-state index is 13.5. The van der Waals surface area contributed by atoms with E-state index in [4.69, 9.17) is 9.47 Å². The number of carbonyl (C=O) groups is 2. The average molecular weight is 707 g/mol. The quantitative estimate of drug-likeness (QED) is 0.107. The number of benzene rings is 2. The number of ether oxygens (including phenoxy) is 2. The molecule has 274 valence electrons. The Morgan fingerprint density at radius 1 is 0.788 bits per heavy atom. The van der Waals surface area contributed by atoms with E-state index in [0.29, 0.717) is 29.4 Å². The Labute approximate surface area is 306 Å². The Kier molecular flexibility index (Phi) is 12.0. The minimum Gasteiger partial charge on any atom is -0.496 e. The van der Waals surface area contributed by atoms with Gasteiger partial charge in [-0.15, -0.1) is 0 Å². The van der Waals surface area contributed by atoms with E-state index in [1.54, 1.807) is 38.7 Å². The van der Waals surface area contributed by atoms with Gasteiger partial charge in [-0.3, -0.25) is 19.6 Å². The average Bonchev–Trinajstić information content (AvgIpc) is 3.77. The zero-order chi connectivity index (χ0) is 36.8. The van der Waals surface area contributed by atoms with Crippen molar-refractivity contribution in [2.75, 3.05) is 19.5 Å². The third kappa shape index (κ3) is 8.36. The standard InChI is InChI=1S/C42H50N4O6/c1-25-28(19-39(49)35-20-41(52-4)30(24-44-35)23-43-34-14-8-16-38(34)48)10-5-11-31(25)32-12-7-13-33(26(32)2)46-42(50)36-21-40(51-3)29(22-45-36)18-17-27-9-6-15-37(27)47/h5,7,10-13,20-22,24,27,34,37-38,43,47-48H,6,8-9,14-19,23H2,1-4H3,(H,46,50)/t27-,34+,37+,38+/m1/s1. The highest BCUT2D eigenvalue weighted by molar-refractivity contribution is 6.04. The highest BCUT2D eigenvalue weighted by Gasteiger charge is 2.26. The molecule has 0 bridgehead atoms. The second kappa shape index (κ2) is 16.8. The van der Waals surface area contributed by atoms with Gasteiger partial charge >= 0.3 is 0 Å². The number of carbonyl (C=O) groups excluding carboxylic acids is 2. The fraction of sp³-hybridized carbons (Fsp3) is 0.429. The lowest BCUT2D eigenvalue weighted by Gasteiger charge is -2.18. The van der Waals surface area contributed by atoms with E-state index in [-0.39, 0.29) is 48.0 Å². The molecule has 2 aliphatic rings. The van der Waals surface area contributed by atoms with Crippen molar-refractivity contribution in [3.05, 3.63) is 100 Å². The van der Waals surface area contributed by atoms with Crippen molar-refractivity contribution >= 4 is 17.4 Å². The number of Topliss-reactive ketones (excluding diaryl/α,β-unsaturated/α-hetero) is 1. The van der Waals surface area contributed by atoms with E-state index >= 15 is 0 Å². The number of aliphatic hydroxyl groups is 2. The van der Waals surface area contributed by atoms with Crippen LogP contribution in [0.2, 0.25) is 0 Å². The van der Waals surface area contributed by atoms with Crippen LogP contribution in [0.25, 0.3) is 11.1 Å². The molecule has 10 nitrogen and oxygen atoms in total. The number of methoxy groups -OCH3 is 2. The van der Waals surface area contributed by atoms with Crippen LogP contribution in [0.4, 0.5) is 5.69 Å². The van der Waals surface area contributed by atoms with Gasteiger partial charge in [0.1, 0.15) is 22.9 Å². The van der Waals surface area contributed by atoms with Crippen molar-refractivity contribution in [1.82, 2.24) is 15.3 Å². The number of rotatable bonds is 14. The van der Waals surface area contributed by atoms with E-state index in [1.165, 1.54) is 0 Å². The van der Waals surface area contributed by atoms with Crippen LogP contribution in [0.15, 0.2) is 60.9 Å². The summed E-state index contributed by atoms with van der Waals surface area (Å²) >= 11 is 0. The Hall–Kier alpha value is -4.64. The fourth-order valence-corrected chi connectivity index (χ4v) is 7.70. The predicted octanol–water partition coefficient (Wildman–Crippen LogP) is 6.55. The Morgan fingerprint density at radius 2 is 1.44 bits per heavy atom. The molecular formula is C42H50N4O6. The summed E-state index contributed by atoms with van der Waals surface area (Å²) in [6, 6.07) is 15.1. The first-order valence-corrected chi connectivity index (χ1v) is 18.3. The molecule has 1 amide bonds. The number of hydrogen-bond acceptors (Lipinski definition) is 9. The molecule has 0 radical (unpaired) electrons. The summed E-state index contributed by atoms with van der Waals surface area (Å²) in [5, 5.41) is 26.8. The molecule has 2 heterocycles. The minimum absolute atomic E-state index is 0.0497. The zero-order valence-corrected chi connectivity index (χ0v) is 30.6. The van der Waals surface area contributed by atoms with E-state index in [2.05, 4.69) is 20.6 Å². The van der Waals surface area contributed by atoms with Gasteiger partial charge in [0, 0.05) is 60.3 Å². The van der Waals surface area contributed by atoms with Crippen LogP contribution in [0, 0.1) is 19.8 Å². The van der Waals surface area contributed by atoms with Crippen molar-refractivity contribution in [1.29, 1.82) is 0 Å². The topological polar surface area (TPSA) is 143 Å². The largest absolute Gasteiger partial charge is 0.496 e. The first-order chi connectivity index (χ1) is 25.2. The molecule has 4 aromatic rings. The highest BCUT2D eigenvalue weighted by Crippen LogP contribution is 2.34. The molecule has 4 atom stereocenters. The van der Waals surface area contributed by atoms with E-state index in [9.17, 15) is 19.8 Å². The summed E-state index contributed by atoms with van der Waals surface area (Å²) in [5.41, 5.74) is 7.67. The second-order valence-electron chi connectivity index (χ2n) is 14.2. The van der Waals surface area contributed by atoms with Gasteiger partial charge < -0.3 is 30.3 Å². The molecule has 6 rings (SSSR count). The molecular weight excluding hydrogens is 656 g/mol. The minimum atomic E-state index is -0.345. The normalized spacial score (nSPS) is 19.8. The predicted molar refractivity (Wildman–Crippen MR) is 201 cm³/mol. The first kappa shape index (κ1) is 37.1. The van der Waals surface area contributed by atoms with Gasteiger partial charge in [-0.25, -0.2) is 0 Å². The van der Waals surface area contributed by atoms with Crippen LogP contribution in [-0.2, 0) is 19.4 Å². The molecule has 10 heteroatoms. The van der Waals surface area contributed by atoms with Crippen LogP contribution in [0.1, 0.15) is 93.7 Å². The van der Waals surface area contributed by atoms with Crippen LogP contribution < -0.4 is 20.1 Å². The molecule has 0 saturated heterocycles. The van der Waals surface area contributed by atoms with Crippen molar-refractivity contribution in [2.24, 2.45) is 5.92 Å².